The predicted molar refractivity (Wildman–Crippen MR) is 114 cm³/mol. The number of hydrogen-bond acceptors (Lipinski definition) is 2. The molecule has 0 aromatic heterocycles. The van der Waals surface area contributed by atoms with E-state index < -0.39 is 0 Å². The fourth-order valence-electron chi connectivity index (χ4n) is 3.12. The summed E-state index contributed by atoms with van der Waals surface area (Å²) in [7, 11) is 0. The summed E-state index contributed by atoms with van der Waals surface area (Å²) in [5, 5.41) is 0. The molecule has 0 amide bonds. The summed E-state index contributed by atoms with van der Waals surface area (Å²) >= 11 is 0. The molecule has 2 heteroatoms. The monoisotopic (exact) mass is 364 g/mol. The molecule has 0 radical (unpaired) electrons. The Balaban J connectivity index is 1.92. The van der Waals surface area contributed by atoms with Crippen molar-refractivity contribution in [2.24, 2.45) is 0 Å². The van der Waals surface area contributed by atoms with Gasteiger partial charge >= 0.3 is 0 Å². The lowest BCUT2D eigenvalue weighted by molar-refractivity contribution is -0.101. The first kappa shape index (κ1) is 21.0. The van der Waals surface area contributed by atoms with Crippen molar-refractivity contribution in [3.8, 4) is 0 Å². The topological polar surface area (TPSA) is 18.5 Å². The SMILES string of the molecule is C=CC(=C)OC(C)OCCC(C)c1ccc(C(C)(C)c2ccccc2)cc1. The Morgan fingerprint density at radius 3 is 2.19 bits per heavy atom. The minimum absolute atomic E-state index is 0.00748. The summed E-state index contributed by atoms with van der Waals surface area (Å²) in [5.74, 6) is 0.959. The normalized spacial score (nSPS) is 13.6. The summed E-state index contributed by atoms with van der Waals surface area (Å²) in [6.07, 6.45) is 2.22. The molecule has 0 heterocycles. The van der Waals surface area contributed by atoms with Crippen LogP contribution >= 0.6 is 0 Å². The molecule has 0 fully saturated rings. The summed E-state index contributed by atoms with van der Waals surface area (Å²) in [6.45, 7) is 16.6. The van der Waals surface area contributed by atoms with Crippen LogP contribution in [0.25, 0.3) is 0 Å². The minimum atomic E-state index is -0.309. The average Bonchev–Trinajstić information content (AvgIpc) is 2.68. The average molecular weight is 365 g/mol. The van der Waals surface area contributed by atoms with Crippen molar-refractivity contribution < 1.29 is 9.47 Å². The first-order valence-corrected chi connectivity index (χ1v) is 9.60. The highest BCUT2D eigenvalue weighted by atomic mass is 16.7. The molecule has 2 aromatic rings. The maximum absolute atomic E-state index is 5.71. The van der Waals surface area contributed by atoms with Gasteiger partial charge in [-0.05, 0) is 42.0 Å². The summed E-state index contributed by atoms with van der Waals surface area (Å²) < 4.78 is 11.2. The van der Waals surface area contributed by atoms with Crippen molar-refractivity contribution in [3.63, 3.8) is 0 Å². The molecule has 0 aliphatic carbocycles. The van der Waals surface area contributed by atoms with E-state index >= 15 is 0 Å². The second-order valence-corrected chi connectivity index (χ2v) is 7.53. The second-order valence-electron chi connectivity index (χ2n) is 7.53. The van der Waals surface area contributed by atoms with Gasteiger partial charge in [-0.3, -0.25) is 0 Å². The molecule has 2 nitrogen and oxygen atoms in total. The Kier molecular flexibility index (Phi) is 7.44. The second kappa shape index (κ2) is 9.57. The third-order valence-electron chi connectivity index (χ3n) is 5.15. The van der Waals surface area contributed by atoms with Crippen LogP contribution in [0.1, 0.15) is 56.7 Å². The lowest BCUT2D eigenvalue weighted by Crippen LogP contribution is -2.18. The van der Waals surface area contributed by atoms with Gasteiger partial charge in [0.15, 0.2) is 6.29 Å². The van der Waals surface area contributed by atoms with E-state index in [1.165, 1.54) is 16.7 Å². The van der Waals surface area contributed by atoms with E-state index in [4.69, 9.17) is 9.47 Å². The highest BCUT2D eigenvalue weighted by molar-refractivity contribution is 5.39. The van der Waals surface area contributed by atoms with Crippen molar-refractivity contribution in [3.05, 3.63) is 96.3 Å². The number of allylic oxidation sites excluding steroid dienone is 1. The van der Waals surface area contributed by atoms with E-state index in [2.05, 4.69) is 88.5 Å². The molecule has 2 unspecified atom stereocenters. The van der Waals surface area contributed by atoms with Crippen LogP contribution in [0.5, 0.6) is 0 Å². The number of benzene rings is 2. The molecule has 0 saturated carbocycles. The molecule has 0 bridgehead atoms. The first-order chi connectivity index (χ1) is 12.8. The Hall–Kier alpha value is -2.32. The van der Waals surface area contributed by atoms with Crippen molar-refractivity contribution >= 4 is 0 Å². The summed E-state index contributed by atoms with van der Waals surface area (Å²) in [5.41, 5.74) is 3.97. The lowest BCUT2D eigenvalue weighted by atomic mass is 9.77. The molecule has 27 heavy (non-hydrogen) atoms. The zero-order chi connectivity index (χ0) is 19.9. The first-order valence-electron chi connectivity index (χ1n) is 9.60. The lowest BCUT2D eigenvalue weighted by Gasteiger charge is -2.26. The molecule has 2 aromatic carbocycles. The molecule has 0 saturated heterocycles. The van der Waals surface area contributed by atoms with Gasteiger partial charge in [0.25, 0.3) is 0 Å². The van der Waals surface area contributed by atoms with Gasteiger partial charge in [-0.15, -0.1) is 0 Å². The number of rotatable bonds is 10. The van der Waals surface area contributed by atoms with Crippen molar-refractivity contribution in [2.45, 2.75) is 51.7 Å². The molecule has 0 aliphatic rings. The van der Waals surface area contributed by atoms with Gasteiger partial charge in [-0.25, -0.2) is 0 Å². The maximum atomic E-state index is 5.71. The Morgan fingerprint density at radius 1 is 1.00 bits per heavy atom. The Morgan fingerprint density at radius 2 is 1.59 bits per heavy atom. The standard InChI is InChI=1S/C25H32O2/c1-7-20(3)27-21(4)26-18-17-19(2)22-13-15-24(16-14-22)25(5,6)23-11-9-8-10-12-23/h7-16,19,21H,1,3,17-18H2,2,4-6H3. The van der Waals surface area contributed by atoms with Gasteiger partial charge in [0.1, 0.15) is 5.76 Å². The van der Waals surface area contributed by atoms with E-state index in [0.29, 0.717) is 18.3 Å². The van der Waals surface area contributed by atoms with Gasteiger partial charge in [0.2, 0.25) is 0 Å². The smallest absolute Gasteiger partial charge is 0.196 e. The molecule has 144 valence electrons. The summed E-state index contributed by atoms with van der Waals surface area (Å²) in [6, 6.07) is 19.6. The molecule has 2 atom stereocenters. The van der Waals surface area contributed by atoms with Crippen molar-refractivity contribution in [2.75, 3.05) is 6.61 Å². The van der Waals surface area contributed by atoms with Crippen LogP contribution in [0.3, 0.4) is 0 Å². The highest BCUT2D eigenvalue weighted by Gasteiger charge is 2.22. The van der Waals surface area contributed by atoms with Gasteiger partial charge in [0.05, 0.1) is 6.61 Å². The van der Waals surface area contributed by atoms with Crippen LogP contribution in [-0.4, -0.2) is 12.9 Å². The Bertz CT molecular complexity index is 729. The van der Waals surface area contributed by atoms with Crippen LogP contribution < -0.4 is 0 Å². The van der Waals surface area contributed by atoms with Crippen LogP contribution in [0.2, 0.25) is 0 Å². The fourth-order valence-corrected chi connectivity index (χ4v) is 3.12. The third-order valence-corrected chi connectivity index (χ3v) is 5.15. The zero-order valence-electron chi connectivity index (χ0n) is 17.1. The van der Waals surface area contributed by atoms with E-state index in [1.54, 1.807) is 6.08 Å². The van der Waals surface area contributed by atoms with Crippen molar-refractivity contribution in [1.82, 2.24) is 0 Å². The largest absolute Gasteiger partial charge is 0.466 e. The fraction of sp³-hybridized carbons (Fsp3) is 0.360. The molecule has 0 spiro atoms. The van der Waals surface area contributed by atoms with Crippen molar-refractivity contribution in [1.29, 1.82) is 0 Å². The van der Waals surface area contributed by atoms with Crippen LogP contribution in [-0.2, 0) is 14.9 Å². The van der Waals surface area contributed by atoms with Gasteiger partial charge in [-0.2, -0.15) is 0 Å². The van der Waals surface area contributed by atoms with Crippen LogP contribution in [0, 0.1) is 0 Å². The number of hydrogen-bond donors (Lipinski definition) is 0. The zero-order valence-corrected chi connectivity index (χ0v) is 17.1. The van der Waals surface area contributed by atoms with Crippen LogP contribution in [0.4, 0.5) is 0 Å². The quantitative estimate of drug-likeness (QED) is 0.269. The van der Waals surface area contributed by atoms with Crippen LogP contribution in [0.15, 0.2) is 79.6 Å². The van der Waals surface area contributed by atoms with Gasteiger partial charge in [0, 0.05) is 5.41 Å². The molecular weight excluding hydrogens is 332 g/mol. The van der Waals surface area contributed by atoms with Gasteiger partial charge < -0.3 is 9.47 Å². The van der Waals surface area contributed by atoms with Gasteiger partial charge in [-0.1, -0.05) is 88.5 Å². The van der Waals surface area contributed by atoms with E-state index in [-0.39, 0.29) is 11.7 Å². The van der Waals surface area contributed by atoms with E-state index in [9.17, 15) is 0 Å². The summed E-state index contributed by atoms with van der Waals surface area (Å²) in [4.78, 5) is 0. The van der Waals surface area contributed by atoms with E-state index in [0.717, 1.165) is 6.42 Å². The molecule has 0 aliphatic heterocycles. The maximum Gasteiger partial charge on any atom is 0.196 e. The Labute approximate surface area is 164 Å². The number of ether oxygens (including phenoxy) is 2. The third kappa shape index (κ3) is 5.83. The highest BCUT2D eigenvalue weighted by Crippen LogP contribution is 2.32. The molecular formula is C25H32O2. The van der Waals surface area contributed by atoms with E-state index in [1.807, 2.05) is 6.92 Å². The minimum Gasteiger partial charge on any atom is -0.466 e. The molecule has 0 N–H and O–H groups in total. The molecule has 2 rings (SSSR count). The predicted octanol–water partition coefficient (Wildman–Crippen LogP) is 6.59.